The van der Waals surface area contributed by atoms with Crippen LogP contribution in [0.4, 0.5) is 4.79 Å². The van der Waals surface area contributed by atoms with Crippen molar-refractivity contribution >= 4 is 17.9 Å². The molecule has 2 aliphatic rings. The summed E-state index contributed by atoms with van der Waals surface area (Å²) in [5.74, 6) is -0.930. The van der Waals surface area contributed by atoms with Crippen molar-refractivity contribution in [3.8, 4) is 0 Å². The highest BCUT2D eigenvalue weighted by Crippen LogP contribution is 2.59. The Morgan fingerprint density at radius 1 is 1.41 bits per heavy atom. The fourth-order valence-corrected chi connectivity index (χ4v) is 3.00. The molecule has 0 bridgehead atoms. The molecule has 0 aromatic carbocycles. The molecule has 122 valence electrons. The van der Waals surface area contributed by atoms with E-state index in [4.69, 9.17) is 4.74 Å². The maximum absolute atomic E-state index is 12.3. The number of hydrogen-bond acceptors (Lipinski definition) is 4. The van der Waals surface area contributed by atoms with Gasteiger partial charge in [0.25, 0.3) is 5.91 Å². The number of amides is 3. The van der Waals surface area contributed by atoms with E-state index in [0.717, 1.165) is 10.5 Å². The van der Waals surface area contributed by atoms with Gasteiger partial charge in [-0.25, -0.2) is 4.79 Å². The number of allylic oxidation sites excluding steroid dienone is 2. The zero-order valence-electron chi connectivity index (χ0n) is 13.8. The largest absolute Gasteiger partial charge is 0.452 e. The SMILES string of the molecule is CC(C)=C[C@@H]1[C@@H](C(=O)O[C@H](C)C(=O)N2CCNC2=O)C1(C)C. The Kier molecular flexibility index (Phi) is 4.31. The third-order valence-corrected chi connectivity index (χ3v) is 4.44. The van der Waals surface area contributed by atoms with Crippen molar-refractivity contribution in [2.75, 3.05) is 13.1 Å². The first-order valence-electron chi connectivity index (χ1n) is 7.61. The molecular formula is C16H24N2O4. The van der Waals surface area contributed by atoms with E-state index in [-0.39, 0.29) is 23.2 Å². The minimum absolute atomic E-state index is 0.141. The van der Waals surface area contributed by atoms with Gasteiger partial charge in [-0.1, -0.05) is 25.5 Å². The van der Waals surface area contributed by atoms with Gasteiger partial charge in [0.2, 0.25) is 0 Å². The molecule has 3 amide bonds. The molecule has 1 aliphatic heterocycles. The van der Waals surface area contributed by atoms with Crippen LogP contribution < -0.4 is 5.32 Å². The number of ether oxygens (including phenoxy) is 1. The maximum atomic E-state index is 12.3. The van der Waals surface area contributed by atoms with Gasteiger partial charge in [0.1, 0.15) is 0 Å². The number of urea groups is 1. The molecule has 3 atom stereocenters. The van der Waals surface area contributed by atoms with E-state index >= 15 is 0 Å². The van der Waals surface area contributed by atoms with E-state index in [1.165, 1.54) is 6.92 Å². The summed E-state index contributed by atoms with van der Waals surface area (Å²) in [5.41, 5.74) is 1.01. The Labute approximate surface area is 130 Å². The van der Waals surface area contributed by atoms with Gasteiger partial charge >= 0.3 is 12.0 Å². The Morgan fingerprint density at radius 2 is 2.05 bits per heavy atom. The Balaban J connectivity index is 1.96. The number of esters is 1. The van der Waals surface area contributed by atoms with E-state index < -0.39 is 18.0 Å². The van der Waals surface area contributed by atoms with Crippen LogP contribution in [0.2, 0.25) is 0 Å². The van der Waals surface area contributed by atoms with Crippen molar-refractivity contribution in [1.29, 1.82) is 0 Å². The van der Waals surface area contributed by atoms with Gasteiger partial charge in [0, 0.05) is 13.1 Å². The highest BCUT2D eigenvalue weighted by Gasteiger charge is 2.61. The zero-order chi connectivity index (χ0) is 16.7. The topological polar surface area (TPSA) is 75.7 Å². The molecule has 6 heteroatoms. The van der Waals surface area contributed by atoms with Crippen LogP contribution in [-0.2, 0) is 14.3 Å². The number of nitrogens with zero attached hydrogens (tertiary/aromatic N) is 1. The van der Waals surface area contributed by atoms with E-state index in [0.29, 0.717) is 13.1 Å². The fourth-order valence-electron chi connectivity index (χ4n) is 3.00. The third kappa shape index (κ3) is 3.00. The van der Waals surface area contributed by atoms with Crippen LogP contribution >= 0.6 is 0 Å². The maximum Gasteiger partial charge on any atom is 0.324 e. The summed E-state index contributed by atoms with van der Waals surface area (Å²) in [6.07, 6.45) is 1.13. The summed E-state index contributed by atoms with van der Waals surface area (Å²) in [6.45, 7) is 10.3. The van der Waals surface area contributed by atoms with Crippen LogP contribution in [0.15, 0.2) is 11.6 Å². The second kappa shape index (κ2) is 5.74. The van der Waals surface area contributed by atoms with E-state index in [9.17, 15) is 14.4 Å². The fraction of sp³-hybridized carbons (Fsp3) is 0.688. The third-order valence-electron chi connectivity index (χ3n) is 4.44. The van der Waals surface area contributed by atoms with Crippen LogP contribution in [0.1, 0.15) is 34.6 Å². The second-order valence-corrected chi connectivity index (χ2v) is 6.87. The van der Waals surface area contributed by atoms with E-state index in [2.05, 4.69) is 11.4 Å². The number of hydrogen-bond donors (Lipinski definition) is 1. The molecule has 0 unspecified atom stereocenters. The first kappa shape index (κ1) is 16.5. The molecule has 2 fully saturated rings. The minimum atomic E-state index is -0.944. The summed E-state index contributed by atoms with van der Waals surface area (Å²) in [4.78, 5) is 37.0. The molecule has 0 aromatic heterocycles. The number of carbonyl (C=O) groups excluding carboxylic acids is 3. The summed E-state index contributed by atoms with van der Waals surface area (Å²) in [7, 11) is 0. The lowest BCUT2D eigenvalue weighted by Crippen LogP contribution is -2.42. The Bertz CT molecular complexity index is 534. The first-order chi connectivity index (χ1) is 10.2. The summed E-state index contributed by atoms with van der Waals surface area (Å²) in [5, 5.41) is 2.55. The average molecular weight is 308 g/mol. The normalized spacial score (nSPS) is 27.0. The molecule has 0 radical (unpaired) electrons. The van der Waals surface area contributed by atoms with Crippen LogP contribution in [0, 0.1) is 17.3 Å². The van der Waals surface area contributed by atoms with Gasteiger partial charge in [-0.05, 0) is 32.1 Å². The highest BCUT2D eigenvalue weighted by molar-refractivity contribution is 5.98. The molecular weight excluding hydrogens is 284 g/mol. The smallest absolute Gasteiger partial charge is 0.324 e. The highest BCUT2D eigenvalue weighted by atomic mass is 16.5. The number of carbonyl (C=O) groups is 3. The lowest BCUT2D eigenvalue weighted by atomic mass is 10.1. The summed E-state index contributed by atoms with van der Waals surface area (Å²) >= 11 is 0. The quantitative estimate of drug-likeness (QED) is 0.633. The number of imide groups is 1. The molecule has 6 nitrogen and oxygen atoms in total. The van der Waals surface area contributed by atoms with E-state index in [1.807, 2.05) is 27.7 Å². The minimum Gasteiger partial charge on any atom is -0.452 e. The molecule has 1 saturated heterocycles. The Morgan fingerprint density at radius 3 is 2.55 bits per heavy atom. The van der Waals surface area contributed by atoms with Gasteiger partial charge in [-0.2, -0.15) is 0 Å². The molecule has 1 N–H and O–H groups in total. The zero-order valence-corrected chi connectivity index (χ0v) is 13.8. The molecule has 1 aliphatic carbocycles. The lowest BCUT2D eigenvalue weighted by Gasteiger charge is -2.18. The molecule has 1 heterocycles. The molecule has 0 spiro atoms. The van der Waals surface area contributed by atoms with Crippen molar-refractivity contribution in [1.82, 2.24) is 10.2 Å². The Hall–Kier alpha value is -1.85. The standard InChI is InChI=1S/C16H24N2O4/c1-9(2)8-11-12(16(11,4)5)14(20)22-10(3)13(19)18-7-6-17-15(18)21/h8,10-12H,6-7H2,1-5H3,(H,17,21)/t10-,11-,12+/m1/s1. The molecule has 2 rings (SSSR count). The summed E-state index contributed by atoms with van der Waals surface area (Å²) < 4.78 is 5.30. The van der Waals surface area contributed by atoms with Crippen LogP contribution in [-0.4, -0.2) is 42.0 Å². The molecule has 22 heavy (non-hydrogen) atoms. The molecule has 1 saturated carbocycles. The second-order valence-electron chi connectivity index (χ2n) is 6.87. The van der Waals surface area contributed by atoms with Gasteiger partial charge in [-0.15, -0.1) is 0 Å². The monoisotopic (exact) mass is 308 g/mol. The van der Waals surface area contributed by atoms with Crippen molar-refractivity contribution in [3.05, 3.63) is 11.6 Å². The van der Waals surface area contributed by atoms with Crippen LogP contribution in [0.25, 0.3) is 0 Å². The van der Waals surface area contributed by atoms with Crippen LogP contribution in [0.5, 0.6) is 0 Å². The van der Waals surface area contributed by atoms with Crippen molar-refractivity contribution in [2.24, 2.45) is 17.3 Å². The predicted molar refractivity (Wildman–Crippen MR) is 80.9 cm³/mol. The van der Waals surface area contributed by atoms with Gasteiger partial charge in [-0.3, -0.25) is 14.5 Å². The molecule has 0 aromatic rings. The first-order valence-corrected chi connectivity index (χ1v) is 7.61. The van der Waals surface area contributed by atoms with Crippen LogP contribution in [0.3, 0.4) is 0 Å². The van der Waals surface area contributed by atoms with Gasteiger partial charge in [0.15, 0.2) is 6.10 Å². The summed E-state index contributed by atoms with van der Waals surface area (Å²) in [6, 6.07) is -0.429. The number of nitrogens with one attached hydrogen (secondary N) is 1. The average Bonchev–Trinajstić information content (AvgIpc) is 2.74. The lowest BCUT2D eigenvalue weighted by molar-refractivity contribution is -0.159. The van der Waals surface area contributed by atoms with Gasteiger partial charge < -0.3 is 10.1 Å². The van der Waals surface area contributed by atoms with Gasteiger partial charge in [0.05, 0.1) is 5.92 Å². The van der Waals surface area contributed by atoms with E-state index in [1.54, 1.807) is 0 Å². The predicted octanol–water partition coefficient (Wildman–Crippen LogP) is 1.71. The van der Waals surface area contributed by atoms with Crippen molar-refractivity contribution in [2.45, 2.75) is 40.7 Å². The van der Waals surface area contributed by atoms with Crippen molar-refractivity contribution in [3.63, 3.8) is 0 Å². The number of rotatable bonds is 4. The van der Waals surface area contributed by atoms with Crippen molar-refractivity contribution < 1.29 is 19.1 Å².